The first-order chi connectivity index (χ1) is 11.2. The minimum atomic E-state index is -0.965. The molecule has 0 bridgehead atoms. The van der Waals surface area contributed by atoms with E-state index in [-0.39, 0.29) is 11.8 Å². The van der Waals surface area contributed by atoms with E-state index in [4.69, 9.17) is 16.3 Å². The summed E-state index contributed by atoms with van der Waals surface area (Å²) in [7, 11) is 0. The molecule has 0 spiro atoms. The van der Waals surface area contributed by atoms with Crippen LogP contribution in [0.25, 0.3) is 0 Å². The Labute approximate surface area is 149 Å². The maximum Gasteiger partial charge on any atom is 0.266 e. The zero-order chi connectivity index (χ0) is 17.9. The summed E-state index contributed by atoms with van der Waals surface area (Å²) in [5.74, 6) is 1.71. The Hall–Kier alpha value is -1.36. The van der Waals surface area contributed by atoms with Crippen molar-refractivity contribution < 1.29 is 9.53 Å². The summed E-state index contributed by atoms with van der Waals surface area (Å²) in [6, 6.07) is 0. The number of aromatic nitrogens is 2. The van der Waals surface area contributed by atoms with Crippen molar-refractivity contribution in [1.82, 2.24) is 14.9 Å². The third kappa shape index (κ3) is 4.18. The molecule has 1 unspecified atom stereocenters. The van der Waals surface area contributed by atoms with Crippen LogP contribution in [0.5, 0.6) is 5.88 Å². The first-order valence-corrected chi connectivity index (χ1v) is 9.07. The lowest BCUT2D eigenvalue weighted by Gasteiger charge is -2.40. The number of hydrogen-bond donors (Lipinski definition) is 0. The zero-order valence-corrected chi connectivity index (χ0v) is 16.0. The third-order valence-electron chi connectivity index (χ3n) is 5.21. The second-order valence-electron chi connectivity index (χ2n) is 7.41. The summed E-state index contributed by atoms with van der Waals surface area (Å²) in [5, 5.41) is 0.302. The molecule has 1 amide bonds. The van der Waals surface area contributed by atoms with E-state index in [9.17, 15) is 4.79 Å². The van der Waals surface area contributed by atoms with E-state index < -0.39 is 5.60 Å². The van der Waals surface area contributed by atoms with Gasteiger partial charge in [0.1, 0.15) is 5.15 Å². The van der Waals surface area contributed by atoms with Gasteiger partial charge in [-0.25, -0.2) is 9.97 Å². The third-order valence-corrected chi connectivity index (χ3v) is 5.40. The summed E-state index contributed by atoms with van der Waals surface area (Å²) >= 11 is 5.76. The van der Waals surface area contributed by atoms with Crippen LogP contribution in [0, 0.1) is 17.8 Å². The van der Waals surface area contributed by atoms with Gasteiger partial charge < -0.3 is 9.64 Å². The van der Waals surface area contributed by atoms with Gasteiger partial charge in [0.15, 0.2) is 5.60 Å². The van der Waals surface area contributed by atoms with Crippen molar-refractivity contribution >= 4 is 17.5 Å². The number of hydrogen-bond acceptors (Lipinski definition) is 4. The van der Waals surface area contributed by atoms with Crippen molar-refractivity contribution in [2.45, 2.75) is 53.1 Å². The van der Waals surface area contributed by atoms with E-state index in [1.165, 1.54) is 12.4 Å². The summed E-state index contributed by atoms with van der Waals surface area (Å²) in [6.45, 7) is 11.9. The summed E-state index contributed by atoms with van der Waals surface area (Å²) in [4.78, 5) is 23.2. The van der Waals surface area contributed by atoms with Crippen molar-refractivity contribution in [1.29, 1.82) is 0 Å². The molecule has 5 nitrogen and oxygen atoms in total. The van der Waals surface area contributed by atoms with Gasteiger partial charge in [0.05, 0.1) is 12.4 Å². The normalized spacial score (nSPS) is 18.8. The van der Waals surface area contributed by atoms with Gasteiger partial charge in [0.25, 0.3) is 5.91 Å². The van der Waals surface area contributed by atoms with Crippen molar-refractivity contribution in [3.05, 3.63) is 17.5 Å². The lowest BCUT2D eigenvalue weighted by molar-refractivity contribution is -0.152. The van der Waals surface area contributed by atoms with Crippen LogP contribution < -0.4 is 4.74 Å². The number of piperidine rings is 1. The molecular formula is C18H28ClN3O2. The molecule has 24 heavy (non-hydrogen) atoms. The smallest absolute Gasteiger partial charge is 0.266 e. The molecule has 1 saturated heterocycles. The standard InChI is InChI=1S/C18H28ClN3O2/c1-12(2)14-6-8-22(9-7-14)17(23)18(5,13(3)4)24-16-11-20-15(19)10-21-16/h10-14H,6-9H2,1-5H3. The lowest BCUT2D eigenvalue weighted by Crippen LogP contribution is -2.56. The Balaban J connectivity index is 2.11. The topological polar surface area (TPSA) is 55.3 Å². The highest BCUT2D eigenvalue weighted by Crippen LogP contribution is 2.30. The molecule has 1 atom stereocenters. The molecule has 0 radical (unpaired) electrons. The van der Waals surface area contributed by atoms with E-state index >= 15 is 0 Å². The lowest BCUT2D eigenvalue weighted by atomic mass is 9.85. The second-order valence-corrected chi connectivity index (χ2v) is 7.80. The maximum atomic E-state index is 13.1. The van der Waals surface area contributed by atoms with Gasteiger partial charge in [-0.05, 0) is 31.6 Å². The van der Waals surface area contributed by atoms with Gasteiger partial charge in [0, 0.05) is 19.0 Å². The molecule has 0 N–H and O–H groups in total. The van der Waals surface area contributed by atoms with Gasteiger partial charge >= 0.3 is 0 Å². The van der Waals surface area contributed by atoms with Crippen LogP contribution in [-0.4, -0.2) is 39.5 Å². The second kappa shape index (κ2) is 7.68. The zero-order valence-electron chi connectivity index (χ0n) is 15.3. The van der Waals surface area contributed by atoms with Crippen LogP contribution >= 0.6 is 11.6 Å². The number of rotatable bonds is 5. The van der Waals surface area contributed by atoms with E-state index in [1.54, 1.807) is 0 Å². The predicted octanol–water partition coefficient (Wildman–Crippen LogP) is 3.82. The molecule has 0 aliphatic carbocycles. The molecule has 1 aliphatic heterocycles. The molecule has 134 valence electrons. The Kier molecular flexibility index (Phi) is 6.07. The highest BCUT2D eigenvalue weighted by Gasteiger charge is 2.43. The summed E-state index contributed by atoms with van der Waals surface area (Å²) in [6.07, 6.45) is 4.99. The van der Waals surface area contributed by atoms with Crippen LogP contribution in [-0.2, 0) is 4.79 Å². The van der Waals surface area contributed by atoms with Crippen molar-refractivity contribution in [3.63, 3.8) is 0 Å². The van der Waals surface area contributed by atoms with Crippen LogP contribution in [0.3, 0.4) is 0 Å². The summed E-state index contributed by atoms with van der Waals surface area (Å²) < 4.78 is 5.98. The number of halogens is 1. The van der Waals surface area contributed by atoms with Crippen LogP contribution in [0.4, 0.5) is 0 Å². The monoisotopic (exact) mass is 353 g/mol. The van der Waals surface area contributed by atoms with E-state index in [2.05, 4.69) is 23.8 Å². The molecule has 2 rings (SSSR count). The van der Waals surface area contributed by atoms with Gasteiger partial charge in [-0.3, -0.25) is 4.79 Å². The molecule has 1 aliphatic rings. The van der Waals surface area contributed by atoms with E-state index in [1.807, 2.05) is 25.7 Å². The Morgan fingerprint density at radius 2 is 1.88 bits per heavy atom. The van der Waals surface area contributed by atoms with E-state index in [0.717, 1.165) is 25.9 Å². The number of carbonyl (C=O) groups excluding carboxylic acids is 1. The molecule has 1 fully saturated rings. The highest BCUT2D eigenvalue weighted by atomic mass is 35.5. The first-order valence-electron chi connectivity index (χ1n) is 8.70. The number of amides is 1. The quantitative estimate of drug-likeness (QED) is 0.807. The van der Waals surface area contributed by atoms with Crippen molar-refractivity contribution in [2.75, 3.05) is 13.1 Å². The number of ether oxygens (including phenoxy) is 1. The van der Waals surface area contributed by atoms with Crippen molar-refractivity contribution in [2.24, 2.45) is 17.8 Å². The molecule has 2 heterocycles. The fourth-order valence-corrected chi connectivity index (χ4v) is 3.16. The predicted molar refractivity (Wildman–Crippen MR) is 95.1 cm³/mol. The Morgan fingerprint density at radius 1 is 1.25 bits per heavy atom. The molecular weight excluding hydrogens is 326 g/mol. The average Bonchev–Trinajstić information content (AvgIpc) is 2.56. The number of likely N-dealkylation sites (tertiary alicyclic amines) is 1. The van der Waals surface area contributed by atoms with Gasteiger partial charge in [0.2, 0.25) is 5.88 Å². The van der Waals surface area contributed by atoms with Gasteiger partial charge in [-0.15, -0.1) is 0 Å². The van der Waals surface area contributed by atoms with Crippen molar-refractivity contribution in [3.8, 4) is 5.88 Å². The summed E-state index contributed by atoms with van der Waals surface area (Å²) in [5.41, 5.74) is -0.965. The number of nitrogens with zero attached hydrogens (tertiary/aromatic N) is 3. The van der Waals surface area contributed by atoms with Gasteiger partial charge in [-0.2, -0.15) is 0 Å². The molecule has 0 saturated carbocycles. The highest BCUT2D eigenvalue weighted by molar-refractivity contribution is 6.29. The van der Waals surface area contributed by atoms with Crippen LogP contribution in [0.2, 0.25) is 5.15 Å². The van der Waals surface area contributed by atoms with E-state index in [0.29, 0.717) is 22.9 Å². The fourth-order valence-electron chi connectivity index (χ4n) is 3.06. The van der Waals surface area contributed by atoms with Crippen LogP contribution in [0.15, 0.2) is 12.4 Å². The molecule has 1 aromatic rings. The first kappa shape index (κ1) is 19.0. The maximum absolute atomic E-state index is 13.1. The minimum absolute atomic E-state index is 0.00491. The van der Waals surface area contributed by atoms with Gasteiger partial charge in [-0.1, -0.05) is 39.3 Å². The number of carbonyl (C=O) groups is 1. The molecule has 0 aromatic carbocycles. The molecule has 6 heteroatoms. The Morgan fingerprint density at radius 3 is 2.33 bits per heavy atom. The molecule has 1 aromatic heterocycles. The SMILES string of the molecule is CC(C)C1CCN(C(=O)C(C)(Oc2cnc(Cl)cn2)C(C)C)CC1. The van der Waals surface area contributed by atoms with Crippen LogP contribution in [0.1, 0.15) is 47.5 Å². The average molecular weight is 354 g/mol. The Bertz CT molecular complexity index is 554. The fraction of sp³-hybridized carbons (Fsp3) is 0.722. The largest absolute Gasteiger partial charge is 0.460 e. The minimum Gasteiger partial charge on any atom is -0.460 e.